The Morgan fingerprint density at radius 1 is 0.889 bits per heavy atom. The Bertz CT molecular complexity index is 1290. The summed E-state index contributed by atoms with van der Waals surface area (Å²) in [4.78, 5) is 18.1. The van der Waals surface area contributed by atoms with Gasteiger partial charge in [-0.05, 0) is 31.2 Å². The van der Waals surface area contributed by atoms with Crippen LogP contribution in [0.3, 0.4) is 0 Å². The monoisotopic (exact) mass is 352 g/mol. The normalized spacial score (nSPS) is 11.3. The largest absolute Gasteiger partial charge is 0.382 e. The van der Waals surface area contributed by atoms with E-state index in [0.29, 0.717) is 5.82 Å². The second-order valence-electron chi connectivity index (χ2n) is 6.36. The van der Waals surface area contributed by atoms with E-state index in [2.05, 4.69) is 16.0 Å². The highest BCUT2D eigenvalue weighted by Gasteiger charge is 2.14. The lowest BCUT2D eigenvalue weighted by molar-refractivity contribution is 1.03. The second kappa shape index (κ2) is 5.88. The van der Waals surface area contributed by atoms with E-state index < -0.39 is 0 Å². The summed E-state index contributed by atoms with van der Waals surface area (Å²) in [6.07, 6.45) is 5.32. The first kappa shape index (κ1) is 15.5. The van der Waals surface area contributed by atoms with Crippen molar-refractivity contribution in [3.63, 3.8) is 0 Å². The topological polar surface area (TPSA) is 82.0 Å². The number of aryl methyl sites for hydroxylation is 1. The average Bonchev–Trinajstić information content (AvgIpc) is 3.06. The fourth-order valence-electron chi connectivity index (χ4n) is 3.34. The van der Waals surface area contributed by atoms with E-state index >= 15 is 0 Å². The Hall–Kier alpha value is -3.80. The van der Waals surface area contributed by atoms with E-state index in [4.69, 9.17) is 15.7 Å². The molecule has 5 aromatic rings. The number of nitrogen functional groups attached to an aromatic ring is 1. The number of imidazole rings is 1. The Morgan fingerprint density at radius 2 is 1.78 bits per heavy atom. The molecule has 4 aromatic heterocycles. The number of hydrogen-bond acceptors (Lipinski definition) is 5. The summed E-state index contributed by atoms with van der Waals surface area (Å²) in [6, 6.07) is 16.0. The minimum Gasteiger partial charge on any atom is -0.382 e. The van der Waals surface area contributed by atoms with Crippen molar-refractivity contribution in [3.05, 3.63) is 72.9 Å². The molecule has 0 saturated heterocycles. The number of nitrogens with two attached hydrogens (primary N) is 1. The van der Waals surface area contributed by atoms with Gasteiger partial charge >= 0.3 is 0 Å². The van der Waals surface area contributed by atoms with Crippen molar-refractivity contribution < 1.29 is 0 Å². The smallest absolute Gasteiger partial charge is 0.150 e. The van der Waals surface area contributed by atoms with Crippen molar-refractivity contribution in [1.82, 2.24) is 24.3 Å². The molecule has 2 N–H and O–H groups in total. The SMILES string of the molecule is Cc1nc(-c2ccc3ccc(-c4ccccn4)nc3c2)c2c(N)nccn12. The number of rotatable bonds is 2. The van der Waals surface area contributed by atoms with Crippen molar-refractivity contribution in [1.29, 1.82) is 0 Å². The van der Waals surface area contributed by atoms with E-state index in [0.717, 1.165) is 44.9 Å². The zero-order chi connectivity index (χ0) is 18.4. The van der Waals surface area contributed by atoms with Crippen LogP contribution in [0.5, 0.6) is 0 Å². The Balaban J connectivity index is 1.71. The summed E-state index contributed by atoms with van der Waals surface area (Å²) in [7, 11) is 0. The maximum atomic E-state index is 6.12. The van der Waals surface area contributed by atoms with Crippen LogP contribution in [0.4, 0.5) is 5.82 Å². The molecule has 0 amide bonds. The van der Waals surface area contributed by atoms with Crippen molar-refractivity contribution in [2.24, 2.45) is 0 Å². The molecule has 27 heavy (non-hydrogen) atoms. The lowest BCUT2D eigenvalue weighted by atomic mass is 10.1. The van der Waals surface area contributed by atoms with Gasteiger partial charge in [0, 0.05) is 29.5 Å². The van der Waals surface area contributed by atoms with Gasteiger partial charge < -0.3 is 5.73 Å². The number of benzene rings is 1. The fraction of sp³-hybridized carbons (Fsp3) is 0.0476. The summed E-state index contributed by atoms with van der Waals surface area (Å²) in [6.45, 7) is 1.95. The lowest BCUT2D eigenvalue weighted by Crippen LogP contribution is -1.96. The molecule has 0 aliphatic heterocycles. The molecule has 5 rings (SSSR count). The summed E-state index contributed by atoms with van der Waals surface area (Å²) in [5, 5.41) is 1.06. The van der Waals surface area contributed by atoms with E-state index in [1.807, 2.05) is 60.0 Å². The number of anilines is 1. The molecule has 1 aromatic carbocycles. The molecule has 0 aliphatic rings. The van der Waals surface area contributed by atoms with Crippen LogP contribution in [0, 0.1) is 6.92 Å². The van der Waals surface area contributed by atoms with Crippen LogP contribution in [-0.2, 0) is 0 Å². The molecule has 130 valence electrons. The molecule has 0 radical (unpaired) electrons. The van der Waals surface area contributed by atoms with E-state index in [-0.39, 0.29) is 0 Å². The molecule has 0 bridgehead atoms. The molecule has 0 atom stereocenters. The van der Waals surface area contributed by atoms with E-state index in [9.17, 15) is 0 Å². The lowest BCUT2D eigenvalue weighted by Gasteiger charge is -2.05. The average molecular weight is 352 g/mol. The third-order valence-corrected chi connectivity index (χ3v) is 4.65. The molecular weight excluding hydrogens is 336 g/mol. The summed E-state index contributed by atoms with van der Waals surface area (Å²) < 4.78 is 1.96. The molecule has 6 nitrogen and oxygen atoms in total. The minimum absolute atomic E-state index is 0.461. The maximum Gasteiger partial charge on any atom is 0.150 e. The van der Waals surface area contributed by atoms with Crippen LogP contribution in [-0.4, -0.2) is 24.3 Å². The van der Waals surface area contributed by atoms with Crippen LogP contribution in [0.1, 0.15) is 5.82 Å². The highest BCUT2D eigenvalue weighted by atomic mass is 15.1. The van der Waals surface area contributed by atoms with Gasteiger partial charge in [0.25, 0.3) is 0 Å². The number of fused-ring (bicyclic) bond motifs is 2. The van der Waals surface area contributed by atoms with Crippen LogP contribution < -0.4 is 5.73 Å². The first-order valence-electron chi connectivity index (χ1n) is 8.62. The molecule has 0 fully saturated rings. The third kappa shape index (κ3) is 2.50. The van der Waals surface area contributed by atoms with Crippen LogP contribution in [0.25, 0.3) is 39.1 Å². The van der Waals surface area contributed by atoms with Gasteiger partial charge in [0.05, 0.1) is 16.9 Å². The number of pyridine rings is 2. The molecular formula is C21H16N6. The zero-order valence-electron chi connectivity index (χ0n) is 14.7. The van der Waals surface area contributed by atoms with Gasteiger partial charge in [-0.25, -0.2) is 15.0 Å². The maximum absolute atomic E-state index is 6.12. The number of aromatic nitrogens is 5. The molecule has 0 spiro atoms. The van der Waals surface area contributed by atoms with Crippen LogP contribution >= 0.6 is 0 Å². The van der Waals surface area contributed by atoms with Crippen molar-refractivity contribution in [2.75, 3.05) is 5.73 Å². The van der Waals surface area contributed by atoms with Crippen molar-refractivity contribution in [2.45, 2.75) is 6.92 Å². The van der Waals surface area contributed by atoms with Gasteiger partial charge in [-0.3, -0.25) is 9.38 Å². The standard InChI is InChI=1S/C21H16N6/c1-13-25-19(20-21(22)24-10-11-27(13)20)15-6-5-14-7-8-17(26-18(14)12-15)16-4-2-3-9-23-16/h2-12H,1H3,(H2,22,24). The molecule has 0 unspecified atom stereocenters. The molecule has 0 saturated carbocycles. The third-order valence-electron chi connectivity index (χ3n) is 4.65. The van der Waals surface area contributed by atoms with Gasteiger partial charge in [0.2, 0.25) is 0 Å². The highest BCUT2D eigenvalue weighted by Crippen LogP contribution is 2.30. The Labute approximate surface area is 155 Å². The summed E-state index contributed by atoms with van der Waals surface area (Å²) in [5.74, 6) is 1.33. The van der Waals surface area contributed by atoms with Crippen molar-refractivity contribution >= 4 is 22.2 Å². The van der Waals surface area contributed by atoms with Crippen molar-refractivity contribution in [3.8, 4) is 22.6 Å². The Kier molecular flexibility index (Phi) is 3.36. The minimum atomic E-state index is 0.461. The number of hydrogen-bond donors (Lipinski definition) is 1. The molecule has 4 heterocycles. The predicted molar refractivity (Wildman–Crippen MR) is 106 cm³/mol. The van der Waals surface area contributed by atoms with Gasteiger partial charge in [0.15, 0.2) is 0 Å². The summed E-state index contributed by atoms with van der Waals surface area (Å²) >= 11 is 0. The van der Waals surface area contributed by atoms with E-state index in [1.54, 1.807) is 12.4 Å². The van der Waals surface area contributed by atoms with Gasteiger partial charge in [-0.15, -0.1) is 0 Å². The molecule has 0 aliphatic carbocycles. The van der Waals surface area contributed by atoms with Gasteiger partial charge in [-0.2, -0.15) is 0 Å². The molecule has 6 heteroatoms. The number of nitrogens with zero attached hydrogens (tertiary/aromatic N) is 5. The van der Waals surface area contributed by atoms with E-state index in [1.165, 1.54) is 0 Å². The quantitative estimate of drug-likeness (QED) is 0.521. The first-order valence-corrected chi connectivity index (χ1v) is 8.62. The van der Waals surface area contributed by atoms with Crippen LogP contribution in [0.15, 0.2) is 67.1 Å². The highest BCUT2D eigenvalue weighted by molar-refractivity contribution is 5.91. The van der Waals surface area contributed by atoms with Crippen LogP contribution in [0.2, 0.25) is 0 Å². The predicted octanol–water partition coefficient (Wildman–Crippen LogP) is 3.90. The first-order chi connectivity index (χ1) is 13.2. The van der Waals surface area contributed by atoms with Gasteiger partial charge in [0.1, 0.15) is 22.9 Å². The Morgan fingerprint density at radius 3 is 2.63 bits per heavy atom. The second-order valence-corrected chi connectivity index (χ2v) is 6.36. The summed E-state index contributed by atoms with van der Waals surface area (Å²) in [5.41, 5.74) is 11.3. The fourth-order valence-corrected chi connectivity index (χ4v) is 3.34. The van der Waals surface area contributed by atoms with Gasteiger partial charge in [-0.1, -0.05) is 24.3 Å². The zero-order valence-corrected chi connectivity index (χ0v) is 14.7.